The highest BCUT2D eigenvalue weighted by molar-refractivity contribution is 7.99. The summed E-state index contributed by atoms with van der Waals surface area (Å²) in [5.74, 6) is 1.03. The molecule has 1 fully saturated rings. The highest BCUT2D eigenvalue weighted by Crippen LogP contribution is 2.25. The van der Waals surface area contributed by atoms with E-state index in [4.69, 9.17) is 11.6 Å². The first-order valence-electron chi connectivity index (χ1n) is 11.0. The van der Waals surface area contributed by atoms with E-state index in [0.717, 1.165) is 48.3 Å². The van der Waals surface area contributed by atoms with E-state index in [1.54, 1.807) is 6.07 Å². The molecule has 0 radical (unpaired) electrons. The second kappa shape index (κ2) is 10.4. The molecule has 2 heterocycles. The van der Waals surface area contributed by atoms with Crippen molar-refractivity contribution in [1.29, 1.82) is 0 Å². The Hall–Kier alpha value is -2.77. The molecule has 33 heavy (non-hydrogen) atoms. The Bertz CT molecular complexity index is 1130. The summed E-state index contributed by atoms with van der Waals surface area (Å²) in [6, 6.07) is 16.0. The van der Waals surface area contributed by atoms with Gasteiger partial charge in [-0.15, -0.1) is 10.2 Å². The molecule has 0 unspecified atom stereocenters. The lowest BCUT2D eigenvalue weighted by molar-refractivity contribution is -0.113. The summed E-state index contributed by atoms with van der Waals surface area (Å²) in [6.45, 7) is 9.93. The summed E-state index contributed by atoms with van der Waals surface area (Å²) in [5, 5.41) is 13.0. The number of hydrogen-bond acceptors (Lipinski definition) is 6. The molecule has 1 N–H and O–H groups in total. The second-order valence-corrected chi connectivity index (χ2v) is 9.72. The number of nitrogens with zero attached hydrogens (tertiary/aromatic N) is 4. The third-order valence-electron chi connectivity index (χ3n) is 5.76. The van der Waals surface area contributed by atoms with E-state index in [2.05, 4.69) is 57.4 Å². The number of hydrogen-bond donors (Lipinski definition) is 1. The number of carbonyl (C=O) groups is 1. The number of carbonyl (C=O) groups excluding carboxylic acids is 1. The van der Waals surface area contributed by atoms with E-state index in [1.165, 1.54) is 28.6 Å². The summed E-state index contributed by atoms with van der Waals surface area (Å²) < 4.78 is 0. The molecule has 0 bridgehead atoms. The normalized spacial score (nSPS) is 13.8. The quantitative estimate of drug-likeness (QED) is 0.493. The molecule has 0 aliphatic carbocycles. The molecule has 172 valence electrons. The van der Waals surface area contributed by atoms with E-state index in [0.29, 0.717) is 5.02 Å². The van der Waals surface area contributed by atoms with Crippen LogP contribution in [0.1, 0.15) is 16.7 Å². The van der Waals surface area contributed by atoms with Crippen molar-refractivity contribution in [2.75, 3.05) is 47.0 Å². The smallest absolute Gasteiger partial charge is 0.234 e. The summed E-state index contributed by atoms with van der Waals surface area (Å²) >= 11 is 7.39. The Kier molecular flexibility index (Phi) is 7.40. The fraction of sp³-hybridized carbons (Fsp3) is 0.320. The molecule has 3 aromatic rings. The maximum Gasteiger partial charge on any atom is 0.234 e. The summed E-state index contributed by atoms with van der Waals surface area (Å²) in [7, 11) is 0. The highest BCUT2D eigenvalue weighted by Gasteiger charge is 2.20. The topological polar surface area (TPSA) is 61.4 Å². The van der Waals surface area contributed by atoms with Gasteiger partial charge >= 0.3 is 0 Å². The Labute approximate surface area is 204 Å². The van der Waals surface area contributed by atoms with Gasteiger partial charge in [0, 0.05) is 42.6 Å². The van der Waals surface area contributed by atoms with Crippen molar-refractivity contribution in [3.63, 3.8) is 0 Å². The van der Waals surface area contributed by atoms with Crippen LogP contribution in [0.2, 0.25) is 5.02 Å². The maximum absolute atomic E-state index is 12.3. The van der Waals surface area contributed by atoms with E-state index in [-0.39, 0.29) is 11.7 Å². The molecule has 1 saturated heterocycles. The zero-order chi connectivity index (χ0) is 23.4. The maximum atomic E-state index is 12.3. The predicted molar refractivity (Wildman–Crippen MR) is 138 cm³/mol. The van der Waals surface area contributed by atoms with E-state index < -0.39 is 0 Å². The van der Waals surface area contributed by atoms with Crippen LogP contribution in [-0.2, 0) is 4.79 Å². The van der Waals surface area contributed by atoms with Crippen LogP contribution >= 0.6 is 23.4 Å². The number of thioether (sulfide) groups is 1. The fourth-order valence-electron chi connectivity index (χ4n) is 3.85. The molecule has 4 rings (SSSR count). The van der Waals surface area contributed by atoms with Gasteiger partial charge in [0.15, 0.2) is 5.82 Å². The van der Waals surface area contributed by atoms with Gasteiger partial charge in [-0.1, -0.05) is 41.6 Å². The van der Waals surface area contributed by atoms with E-state index in [1.807, 2.05) is 31.2 Å². The van der Waals surface area contributed by atoms with E-state index in [9.17, 15) is 4.79 Å². The number of amides is 1. The molecule has 0 spiro atoms. The van der Waals surface area contributed by atoms with Crippen LogP contribution in [-0.4, -0.2) is 48.0 Å². The minimum atomic E-state index is -0.0983. The zero-order valence-electron chi connectivity index (χ0n) is 19.1. The number of benzene rings is 2. The molecular weight excluding hydrogens is 454 g/mol. The largest absolute Gasteiger partial charge is 0.368 e. The van der Waals surface area contributed by atoms with Gasteiger partial charge in [-0.25, -0.2) is 0 Å². The molecular formula is C25H28ClN5OS. The lowest BCUT2D eigenvalue weighted by Gasteiger charge is -2.37. The summed E-state index contributed by atoms with van der Waals surface area (Å²) in [5.41, 5.74) is 5.62. The van der Waals surface area contributed by atoms with Crippen LogP contribution in [0, 0.1) is 20.8 Å². The van der Waals surface area contributed by atoms with Gasteiger partial charge in [0.25, 0.3) is 0 Å². The molecule has 8 heteroatoms. The number of rotatable bonds is 6. The number of aryl methyl sites for hydroxylation is 3. The number of piperazine rings is 1. The molecule has 6 nitrogen and oxygen atoms in total. The monoisotopic (exact) mass is 481 g/mol. The highest BCUT2D eigenvalue weighted by atomic mass is 35.5. The Morgan fingerprint density at radius 1 is 0.939 bits per heavy atom. The van der Waals surface area contributed by atoms with Crippen molar-refractivity contribution in [2.45, 2.75) is 25.8 Å². The first-order chi connectivity index (χ1) is 15.9. The third kappa shape index (κ3) is 5.97. The Balaban J connectivity index is 1.28. The SMILES string of the molecule is Cc1ccc(C)c(N2CCN(c3ccc(SCC(=O)Nc4cc(Cl)ccc4C)nn3)CC2)c1. The molecule has 2 aromatic carbocycles. The van der Waals surface area contributed by atoms with Crippen LogP contribution in [0.4, 0.5) is 17.2 Å². The number of anilines is 3. The predicted octanol–water partition coefficient (Wildman–Crippen LogP) is 5.11. The van der Waals surface area contributed by atoms with Gasteiger partial charge < -0.3 is 15.1 Å². The van der Waals surface area contributed by atoms with E-state index >= 15 is 0 Å². The van der Waals surface area contributed by atoms with Crippen molar-refractivity contribution in [1.82, 2.24) is 10.2 Å². The molecule has 1 aliphatic heterocycles. The van der Waals surface area contributed by atoms with Gasteiger partial charge in [0.05, 0.1) is 5.75 Å². The van der Waals surface area contributed by atoms with Crippen LogP contribution < -0.4 is 15.1 Å². The average Bonchev–Trinajstić information content (AvgIpc) is 2.82. The summed E-state index contributed by atoms with van der Waals surface area (Å²) in [6.07, 6.45) is 0. The molecule has 1 aliphatic rings. The minimum absolute atomic E-state index is 0.0983. The number of halogens is 1. The van der Waals surface area contributed by atoms with Crippen LogP contribution in [0.15, 0.2) is 53.6 Å². The molecule has 0 saturated carbocycles. The Morgan fingerprint density at radius 3 is 2.39 bits per heavy atom. The van der Waals surface area contributed by atoms with Crippen molar-refractivity contribution in [3.8, 4) is 0 Å². The van der Waals surface area contributed by atoms with Gasteiger partial charge in [0.2, 0.25) is 5.91 Å². The van der Waals surface area contributed by atoms with Crippen LogP contribution in [0.25, 0.3) is 0 Å². The first kappa shape index (κ1) is 23.4. The molecule has 1 aromatic heterocycles. The van der Waals surface area contributed by atoms with Crippen molar-refractivity contribution in [2.24, 2.45) is 0 Å². The summed E-state index contributed by atoms with van der Waals surface area (Å²) in [4.78, 5) is 17.0. The number of aromatic nitrogens is 2. The lowest BCUT2D eigenvalue weighted by Crippen LogP contribution is -2.47. The van der Waals surface area contributed by atoms with Gasteiger partial charge in [-0.3, -0.25) is 4.79 Å². The van der Waals surface area contributed by atoms with Crippen molar-refractivity contribution in [3.05, 3.63) is 70.2 Å². The fourth-order valence-corrected chi connectivity index (χ4v) is 4.64. The van der Waals surface area contributed by atoms with Crippen molar-refractivity contribution >= 4 is 46.5 Å². The van der Waals surface area contributed by atoms with Crippen molar-refractivity contribution < 1.29 is 4.79 Å². The second-order valence-electron chi connectivity index (χ2n) is 8.29. The average molecular weight is 482 g/mol. The minimum Gasteiger partial charge on any atom is -0.368 e. The van der Waals surface area contributed by atoms with Crippen LogP contribution in [0.5, 0.6) is 0 Å². The molecule has 0 atom stereocenters. The standard InChI is InChI=1S/C25H28ClN5OS/c1-17-4-5-19(3)22(14-17)30-10-12-31(13-11-30)23-8-9-25(29-28-23)33-16-24(32)27-21-15-20(26)7-6-18(21)2/h4-9,14-15H,10-13,16H2,1-3H3,(H,27,32). The zero-order valence-corrected chi connectivity index (χ0v) is 20.7. The third-order valence-corrected chi connectivity index (χ3v) is 6.91. The molecule has 1 amide bonds. The van der Waals surface area contributed by atoms with Gasteiger partial charge in [-0.2, -0.15) is 0 Å². The lowest BCUT2D eigenvalue weighted by atomic mass is 10.1. The first-order valence-corrected chi connectivity index (χ1v) is 12.3. The van der Waals surface area contributed by atoms with Crippen LogP contribution in [0.3, 0.4) is 0 Å². The van der Waals surface area contributed by atoms with Gasteiger partial charge in [-0.05, 0) is 67.8 Å². The van der Waals surface area contributed by atoms with Gasteiger partial charge in [0.1, 0.15) is 5.03 Å². The number of nitrogens with one attached hydrogen (secondary N) is 1. The Morgan fingerprint density at radius 2 is 1.67 bits per heavy atom.